The molecule has 0 fully saturated rings. The summed E-state index contributed by atoms with van der Waals surface area (Å²) in [6.45, 7) is 0.688. The van der Waals surface area contributed by atoms with Crippen LogP contribution >= 0.6 is 0 Å². The summed E-state index contributed by atoms with van der Waals surface area (Å²) in [5.74, 6) is 0. The van der Waals surface area contributed by atoms with E-state index in [2.05, 4.69) is 10.4 Å². The fourth-order valence-corrected chi connectivity index (χ4v) is 1.77. The molecule has 0 aliphatic heterocycles. The van der Waals surface area contributed by atoms with E-state index in [9.17, 15) is 10.1 Å². The zero-order chi connectivity index (χ0) is 13.8. The van der Waals surface area contributed by atoms with Crippen molar-refractivity contribution in [2.45, 2.75) is 6.42 Å². The number of nitrogens with zero attached hydrogens (tertiary/aromatic N) is 3. The lowest BCUT2D eigenvalue weighted by Gasteiger charge is -2.08. The van der Waals surface area contributed by atoms with Gasteiger partial charge in [0.1, 0.15) is 0 Å². The maximum absolute atomic E-state index is 10.6. The number of benzene rings is 1. The standard InChI is InChI=1S/C12H15N5O2/c1-16-8-9(7-15-16)4-5-14-12-3-2-10(17(18)19)6-11(12)13/h2-3,6-8,14H,4-5,13H2,1H3. The summed E-state index contributed by atoms with van der Waals surface area (Å²) in [6, 6.07) is 4.41. The zero-order valence-electron chi connectivity index (χ0n) is 10.5. The van der Waals surface area contributed by atoms with Crippen LogP contribution in [0.15, 0.2) is 30.6 Å². The molecule has 1 aromatic carbocycles. The van der Waals surface area contributed by atoms with Crippen LogP contribution in [-0.4, -0.2) is 21.2 Å². The minimum absolute atomic E-state index is 0.00434. The van der Waals surface area contributed by atoms with Crippen LogP contribution in [0.1, 0.15) is 5.56 Å². The topological polar surface area (TPSA) is 99.0 Å². The lowest BCUT2D eigenvalue weighted by Crippen LogP contribution is -2.06. The minimum Gasteiger partial charge on any atom is -0.397 e. The van der Waals surface area contributed by atoms with Crippen molar-refractivity contribution < 1.29 is 4.92 Å². The zero-order valence-corrected chi connectivity index (χ0v) is 10.5. The van der Waals surface area contributed by atoms with Crippen molar-refractivity contribution in [3.05, 3.63) is 46.3 Å². The molecule has 0 unspecified atom stereocenters. The Morgan fingerprint density at radius 3 is 2.89 bits per heavy atom. The lowest BCUT2D eigenvalue weighted by atomic mass is 10.2. The molecular weight excluding hydrogens is 246 g/mol. The van der Waals surface area contributed by atoms with E-state index < -0.39 is 4.92 Å². The second-order valence-corrected chi connectivity index (χ2v) is 4.23. The van der Waals surface area contributed by atoms with Crippen LogP contribution in [0.25, 0.3) is 0 Å². The van der Waals surface area contributed by atoms with Gasteiger partial charge in [0, 0.05) is 31.9 Å². The number of nitrogens with two attached hydrogens (primary N) is 1. The Balaban J connectivity index is 1.94. The van der Waals surface area contributed by atoms with Gasteiger partial charge in [0.25, 0.3) is 5.69 Å². The van der Waals surface area contributed by atoms with Crippen LogP contribution < -0.4 is 11.1 Å². The Hall–Kier alpha value is -2.57. The molecule has 3 N–H and O–H groups in total. The Labute approximate surface area is 110 Å². The fourth-order valence-electron chi connectivity index (χ4n) is 1.77. The Morgan fingerprint density at radius 2 is 2.32 bits per heavy atom. The quantitative estimate of drug-likeness (QED) is 0.483. The normalized spacial score (nSPS) is 10.4. The molecule has 0 bridgehead atoms. The van der Waals surface area contributed by atoms with E-state index in [4.69, 9.17) is 5.73 Å². The van der Waals surface area contributed by atoms with Crippen molar-refractivity contribution in [1.29, 1.82) is 0 Å². The molecule has 0 atom stereocenters. The van der Waals surface area contributed by atoms with Crippen molar-refractivity contribution in [2.24, 2.45) is 7.05 Å². The first kappa shape index (κ1) is 12.9. The second-order valence-electron chi connectivity index (χ2n) is 4.23. The molecule has 100 valence electrons. The van der Waals surface area contributed by atoms with E-state index in [1.54, 1.807) is 16.9 Å². The minimum atomic E-state index is -0.463. The van der Waals surface area contributed by atoms with Gasteiger partial charge in [-0.2, -0.15) is 5.10 Å². The predicted octanol–water partition coefficient (Wildman–Crippen LogP) is 1.57. The van der Waals surface area contributed by atoms with Crippen molar-refractivity contribution >= 4 is 17.1 Å². The van der Waals surface area contributed by atoms with Crippen LogP contribution in [0.5, 0.6) is 0 Å². The number of nitro benzene ring substituents is 1. The van der Waals surface area contributed by atoms with Crippen LogP contribution in [0.3, 0.4) is 0 Å². The fraction of sp³-hybridized carbons (Fsp3) is 0.250. The second kappa shape index (κ2) is 5.38. The lowest BCUT2D eigenvalue weighted by molar-refractivity contribution is -0.384. The largest absolute Gasteiger partial charge is 0.397 e. The van der Waals surface area contributed by atoms with E-state index in [0.29, 0.717) is 17.9 Å². The van der Waals surface area contributed by atoms with Crippen molar-refractivity contribution in [2.75, 3.05) is 17.6 Å². The molecule has 0 aliphatic rings. The SMILES string of the molecule is Cn1cc(CCNc2ccc([N+](=O)[O-])cc2N)cn1. The summed E-state index contributed by atoms with van der Waals surface area (Å²) < 4.78 is 1.75. The number of rotatable bonds is 5. The molecule has 1 aromatic heterocycles. The van der Waals surface area contributed by atoms with Gasteiger partial charge in [0.2, 0.25) is 0 Å². The van der Waals surface area contributed by atoms with Gasteiger partial charge in [-0.25, -0.2) is 0 Å². The van der Waals surface area contributed by atoms with Gasteiger partial charge in [0.15, 0.2) is 0 Å². The molecule has 7 nitrogen and oxygen atoms in total. The number of hydrogen-bond donors (Lipinski definition) is 2. The summed E-state index contributed by atoms with van der Waals surface area (Å²) >= 11 is 0. The van der Waals surface area contributed by atoms with E-state index in [-0.39, 0.29) is 5.69 Å². The van der Waals surface area contributed by atoms with E-state index in [1.807, 2.05) is 13.2 Å². The highest BCUT2D eigenvalue weighted by atomic mass is 16.6. The summed E-state index contributed by atoms with van der Waals surface area (Å²) in [5.41, 5.74) is 7.95. The Bertz CT molecular complexity index is 594. The predicted molar refractivity (Wildman–Crippen MR) is 72.9 cm³/mol. The Morgan fingerprint density at radius 1 is 1.53 bits per heavy atom. The van der Waals surface area contributed by atoms with Crippen molar-refractivity contribution in [3.63, 3.8) is 0 Å². The third-order valence-electron chi connectivity index (χ3n) is 2.73. The first-order chi connectivity index (χ1) is 9.06. The molecule has 7 heteroatoms. The average molecular weight is 261 g/mol. The molecule has 0 aliphatic carbocycles. The molecular formula is C12H15N5O2. The van der Waals surface area contributed by atoms with E-state index in [1.165, 1.54) is 12.1 Å². The average Bonchev–Trinajstić information content (AvgIpc) is 2.77. The molecule has 0 saturated heterocycles. The number of anilines is 2. The van der Waals surface area contributed by atoms with Crippen molar-refractivity contribution in [3.8, 4) is 0 Å². The number of aryl methyl sites for hydroxylation is 1. The molecule has 0 amide bonds. The first-order valence-electron chi connectivity index (χ1n) is 5.81. The van der Waals surface area contributed by atoms with E-state index in [0.717, 1.165) is 12.0 Å². The van der Waals surface area contributed by atoms with Gasteiger partial charge < -0.3 is 11.1 Å². The number of non-ortho nitro benzene ring substituents is 1. The highest BCUT2D eigenvalue weighted by Crippen LogP contribution is 2.23. The molecule has 0 spiro atoms. The maximum Gasteiger partial charge on any atom is 0.271 e. The Kier molecular flexibility index (Phi) is 3.65. The molecule has 0 saturated carbocycles. The van der Waals surface area contributed by atoms with Crippen molar-refractivity contribution in [1.82, 2.24) is 9.78 Å². The monoisotopic (exact) mass is 261 g/mol. The highest BCUT2D eigenvalue weighted by Gasteiger charge is 2.08. The van der Waals surface area contributed by atoms with Gasteiger partial charge in [-0.3, -0.25) is 14.8 Å². The smallest absolute Gasteiger partial charge is 0.271 e. The number of aromatic nitrogens is 2. The first-order valence-corrected chi connectivity index (χ1v) is 5.81. The summed E-state index contributed by atoms with van der Waals surface area (Å²) in [4.78, 5) is 10.1. The third kappa shape index (κ3) is 3.21. The summed E-state index contributed by atoms with van der Waals surface area (Å²) in [6.07, 6.45) is 4.56. The van der Waals surface area contributed by atoms with Crippen LogP contribution in [-0.2, 0) is 13.5 Å². The number of nitrogen functional groups attached to an aromatic ring is 1. The van der Waals surface area contributed by atoms with Crippen LogP contribution in [0, 0.1) is 10.1 Å². The molecule has 1 heterocycles. The molecule has 19 heavy (non-hydrogen) atoms. The maximum atomic E-state index is 10.6. The number of hydrogen-bond acceptors (Lipinski definition) is 5. The van der Waals surface area contributed by atoms with Gasteiger partial charge in [0.05, 0.1) is 22.5 Å². The van der Waals surface area contributed by atoms with Gasteiger partial charge in [-0.05, 0) is 18.1 Å². The van der Waals surface area contributed by atoms with Gasteiger partial charge in [-0.1, -0.05) is 0 Å². The summed E-state index contributed by atoms with van der Waals surface area (Å²) in [5, 5.41) is 17.8. The van der Waals surface area contributed by atoms with Gasteiger partial charge in [-0.15, -0.1) is 0 Å². The number of nitrogens with one attached hydrogen (secondary N) is 1. The van der Waals surface area contributed by atoms with Gasteiger partial charge >= 0.3 is 0 Å². The van der Waals surface area contributed by atoms with E-state index >= 15 is 0 Å². The highest BCUT2D eigenvalue weighted by molar-refractivity contribution is 5.69. The third-order valence-corrected chi connectivity index (χ3v) is 2.73. The van der Waals surface area contributed by atoms with Crippen LogP contribution in [0.4, 0.5) is 17.1 Å². The molecule has 0 radical (unpaired) electrons. The summed E-state index contributed by atoms with van der Waals surface area (Å²) in [7, 11) is 1.87. The molecule has 2 aromatic rings. The van der Waals surface area contributed by atoms with Crippen LogP contribution in [0.2, 0.25) is 0 Å². The molecule has 2 rings (SSSR count). The number of nitro groups is 1.